The van der Waals surface area contributed by atoms with E-state index in [9.17, 15) is 4.79 Å². The highest BCUT2D eigenvalue weighted by Gasteiger charge is 2.04. The van der Waals surface area contributed by atoms with Gasteiger partial charge in [-0.2, -0.15) is 5.26 Å². The van der Waals surface area contributed by atoms with Crippen LogP contribution in [0.2, 0.25) is 10.0 Å². The normalized spacial score (nSPS) is 9.50. The van der Waals surface area contributed by atoms with Gasteiger partial charge in [-0.15, -0.1) is 0 Å². The number of carbonyl (C=O) groups is 1. The molecule has 0 N–H and O–H groups in total. The van der Waals surface area contributed by atoms with Gasteiger partial charge in [-0.1, -0.05) is 29.3 Å². The van der Waals surface area contributed by atoms with E-state index >= 15 is 0 Å². The maximum absolute atomic E-state index is 11.1. The number of nitrogens with zero attached hydrogens (tertiary/aromatic N) is 1. The molecular formula is C10H7Cl2NO. The highest BCUT2D eigenvalue weighted by atomic mass is 35.5. The van der Waals surface area contributed by atoms with Crippen molar-refractivity contribution >= 4 is 29.0 Å². The van der Waals surface area contributed by atoms with Crippen molar-refractivity contribution in [1.29, 1.82) is 5.26 Å². The Balaban J connectivity index is 2.74. The number of carbonyl (C=O) groups excluding carboxylic acids is 1. The Morgan fingerprint density at radius 3 is 2.64 bits per heavy atom. The molecule has 0 unspecified atom stereocenters. The van der Waals surface area contributed by atoms with E-state index in [0.717, 1.165) is 5.56 Å². The van der Waals surface area contributed by atoms with Crippen molar-refractivity contribution in [2.75, 3.05) is 0 Å². The van der Waals surface area contributed by atoms with Crippen molar-refractivity contribution in [2.24, 2.45) is 0 Å². The van der Waals surface area contributed by atoms with Crippen LogP contribution in [-0.2, 0) is 11.2 Å². The van der Waals surface area contributed by atoms with Gasteiger partial charge < -0.3 is 0 Å². The van der Waals surface area contributed by atoms with Gasteiger partial charge in [0.1, 0.15) is 0 Å². The molecule has 0 bridgehead atoms. The molecular weight excluding hydrogens is 221 g/mol. The largest absolute Gasteiger partial charge is 0.298 e. The Kier molecular flexibility index (Phi) is 3.94. The molecule has 0 aliphatic heterocycles. The predicted octanol–water partition coefficient (Wildman–Crippen LogP) is 3.02. The zero-order valence-corrected chi connectivity index (χ0v) is 8.77. The van der Waals surface area contributed by atoms with Crippen molar-refractivity contribution in [3.05, 3.63) is 33.8 Å². The molecule has 0 amide bonds. The molecule has 0 saturated carbocycles. The average molecular weight is 228 g/mol. The van der Waals surface area contributed by atoms with Gasteiger partial charge in [0.15, 0.2) is 5.78 Å². The zero-order chi connectivity index (χ0) is 10.6. The predicted molar refractivity (Wildman–Crippen MR) is 55.4 cm³/mol. The van der Waals surface area contributed by atoms with E-state index in [4.69, 9.17) is 28.5 Å². The lowest BCUT2D eigenvalue weighted by molar-refractivity contribution is -0.117. The molecule has 14 heavy (non-hydrogen) atoms. The van der Waals surface area contributed by atoms with Crippen LogP contribution in [0.1, 0.15) is 12.0 Å². The zero-order valence-electron chi connectivity index (χ0n) is 7.26. The van der Waals surface area contributed by atoms with Crippen molar-refractivity contribution in [3.63, 3.8) is 0 Å². The van der Waals surface area contributed by atoms with Crippen LogP contribution in [-0.4, -0.2) is 5.78 Å². The van der Waals surface area contributed by atoms with Crippen molar-refractivity contribution in [3.8, 4) is 6.07 Å². The van der Waals surface area contributed by atoms with Gasteiger partial charge in [-0.25, -0.2) is 0 Å². The van der Waals surface area contributed by atoms with E-state index in [1.807, 2.05) is 0 Å². The van der Waals surface area contributed by atoms with Gasteiger partial charge in [-0.05, 0) is 17.7 Å². The molecule has 0 atom stereocenters. The van der Waals surface area contributed by atoms with Crippen LogP contribution in [0.25, 0.3) is 0 Å². The number of rotatable bonds is 3. The van der Waals surface area contributed by atoms with Gasteiger partial charge in [0.25, 0.3) is 0 Å². The number of ketones is 1. The summed E-state index contributed by atoms with van der Waals surface area (Å²) in [6.45, 7) is 0. The van der Waals surface area contributed by atoms with Crippen molar-refractivity contribution in [1.82, 2.24) is 0 Å². The molecule has 0 spiro atoms. The summed E-state index contributed by atoms with van der Waals surface area (Å²) >= 11 is 11.5. The summed E-state index contributed by atoms with van der Waals surface area (Å²) in [6, 6.07) is 6.81. The average Bonchev–Trinajstić information content (AvgIpc) is 2.12. The Morgan fingerprint density at radius 2 is 2.07 bits per heavy atom. The molecule has 0 fully saturated rings. The highest BCUT2D eigenvalue weighted by Crippen LogP contribution is 2.22. The van der Waals surface area contributed by atoms with Crippen LogP contribution >= 0.6 is 23.2 Å². The van der Waals surface area contributed by atoms with Crippen LogP contribution in [0, 0.1) is 11.3 Å². The number of hydrogen-bond acceptors (Lipinski definition) is 2. The second-order valence-electron chi connectivity index (χ2n) is 2.80. The van der Waals surface area contributed by atoms with E-state index < -0.39 is 0 Å². The smallest absolute Gasteiger partial charge is 0.151 e. The molecule has 0 aromatic heterocycles. The number of hydrogen-bond donors (Lipinski definition) is 0. The molecule has 0 saturated heterocycles. The van der Waals surface area contributed by atoms with Gasteiger partial charge in [0.05, 0.1) is 22.5 Å². The third-order valence-corrected chi connectivity index (χ3v) is 2.40. The molecule has 0 radical (unpaired) electrons. The summed E-state index contributed by atoms with van der Waals surface area (Å²) in [4.78, 5) is 11.1. The monoisotopic (exact) mass is 227 g/mol. The van der Waals surface area contributed by atoms with Crippen LogP contribution in [0.5, 0.6) is 0 Å². The first-order valence-corrected chi connectivity index (χ1v) is 4.71. The molecule has 0 heterocycles. The molecule has 4 heteroatoms. The summed E-state index contributed by atoms with van der Waals surface area (Å²) in [5, 5.41) is 9.18. The minimum atomic E-state index is -0.120. The molecule has 0 aliphatic carbocycles. The molecule has 0 aliphatic rings. The second kappa shape index (κ2) is 4.99. The highest BCUT2D eigenvalue weighted by molar-refractivity contribution is 6.42. The summed E-state index contributed by atoms with van der Waals surface area (Å²) in [5.41, 5.74) is 0.777. The summed E-state index contributed by atoms with van der Waals surface area (Å²) in [6.07, 6.45) is 0.157. The fourth-order valence-corrected chi connectivity index (χ4v) is 1.35. The fourth-order valence-electron chi connectivity index (χ4n) is 1.03. The third kappa shape index (κ3) is 3.02. The maximum atomic E-state index is 11.1. The first-order chi connectivity index (χ1) is 6.63. The van der Waals surface area contributed by atoms with E-state index in [2.05, 4.69) is 0 Å². The van der Waals surface area contributed by atoms with Crippen LogP contribution in [0.3, 0.4) is 0 Å². The second-order valence-corrected chi connectivity index (χ2v) is 3.61. The minimum Gasteiger partial charge on any atom is -0.298 e. The summed E-state index contributed by atoms with van der Waals surface area (Å²) in [5.74, 6) is -0.120. The topological polar surface area (TPSA) is 40.9 Å². The molecule has 2 nitrogen and oxygen atoms in total. The summed E-state index contributed by atoms with van der Waals surface area (Å²) in [7, 11) is 0. The van der Waals surface area contributed by atoms with E-state index in [-0.39, 0.29) is 18.6 Å². The van der Waals surface area contributed by atoms with Gasteiger partial charge >= 0.3 is 0 Å². The van der Waals surface area contributed by atoms with E-state index in [0.29, 0.717) is 10.0 Å². The fraction of sp³-hybridized carbons (Fsp3) is 0.200. The third-order valence-electron chi connectivity index (χ3n) is 1.66. The standard InChI is InChI=1S/C10H7Cl2NO/c11-9-2-1-7(6-10(9)12)5-8(14)3-4-13/h1-2,6H,3,5H2. The molecule has 1 aromatic carbocycles. The number of benzene rings is 1. The number of nitriles is 1. The van der Waals surface area contributed by atoms with Gasteiger partial charge in [0, 0.05) is 6.42 Å². The lowest BCUT2D eigenvalue weighted by atomic mass is 10.1. The minimum absolute atomic E-state index is 0.0692. The molecule has 1 rings (SSSR count). The SMILES string of the molecule is N#CCC(=O)Cc1ccc(Cl)c(Cl)c1. The van der Waals surface area contributed by atoms with E-state index in [1.165, 1.54) is 0 Å². The lowest BCUT2D eigenvalue weighted by Crippen LogP contribution is -2.00. The van der Waals surface area contributed by atoms with Crippen LogP contribution < -0.4 is 0 Å². The van der Waals surface area contributed by atoms with Crippen molar-refractivity contribution < 1.29 is 4.79 Å². The first kappa shape index (κ1) is 11.0. The molecule has 1 aromatic rings. The Morgan fingerprint density at radius 1 is 1.36 bits per heavy atom. The van der Waals surface area contributed by atoms with Crippen molar-refractivity contribution in [2.45, 2.75) is 12.8 Å². The lowest BCUT2D eigenvalue weighted by Gasteiger charge is -2.00. The number of halogens is 2. The Labute approximate surface area is 92.1 Å². The quantitative estimate of drug-likeness (QED) is 0.797. The Hall–Kier alpha value is -1.04. The van der Waals surface area contributed by atoms with Gasteiger partial charge in [-0.3, -0.25) is 4.79 Å². The first-order valence-electron chi connectivity index (χ1n) is 3.96. The Bertz CT molecular complexity index is 396. The maximum Gasteiger partial charge on any atom is 0.151 e. The molecule has 72 valence electrons. The van der Waals surface area contributed by atoms with E-state index in [1.54, 1.807) is 24.3 Å². The van der Waals surface area contributed by atoms with Crippen LogP contribution in [0.4, 0.5) is 0 Å². The van der Waals surface area contributed by atoms with Crippen LogP contribution in [0.15, 0.2) is 18.2 Å². The number of Topliss-reactive ketones (excluding diaryl/α,β-unsaturated/α-hetero) is 1. The van der Waals surface area contributed by atoms with Gasteiger partial charge in [0.2, 0.25) is 0 Å². The summed E-state index contributed by atoms with van der Waals surface area (Å²) < 4.78 is 0.